The molecule has 1 fully saturated rings. The van der Waals surface area contributed by atoms with Crippen LogP contribution in [-0.2, 0) is 34.6 Å². The van der Waals surface area contributed by atoms with Crippen LogP contribution in [0.4, 0.5) is 5.69 Å². The van der Waals surface area contributed by atoms with E-state index in [9.17, 15) is 14.7 Å². The third-order valence-corrected chi connectivity index (χ3v) is 16.8. The molecule has 1 saturated heterocycles. The van der Waals surface area contributed by atoms with Crippen molar-refractivity contribution in [2.24, 2.45) is 5.92 Å². The maximum atomic E-state index is 15.7. The molecule has 1 spiro atoms. The molecule has 61 heavy (non-hydrogen) atoms. The topological polar surface area (TPSA) is 152 Å². The van der Waals surface area contributed by atoms with Gasteiger partial charge in [0.1, 0.15) is 5.75 Å². The summed E-state index contributed by atoms with van der Waals surface area (Å²) in [5.41, 5.74) is 1.92. The number of anilines is 1. The first-order chi connectivity index (χ1) is 29.4. The van der Waals surface area contributed by atoms with E-state index in [0.29, 0.717) is 47.7 Å². The number of aryl methyl sites for hydroxylation is 1. The van der Waals surface area contributed by atoms with Crippen molar-refractivity contribution in [1.29, 1.82) is 0 Å². The van der Waals surface area contributed by atoms with Crippen LogP contribution in [0.2, 0.25) is 18.6 Å². The van der Waals surface area contributed by atoms with Crippen molar-refractivity contribution in [3.05, 3.63) is 147 Å². The van der Waals surface area contributed by atoms with Gasteiger partial charge >= 0.3 is 0 Å². The summed E-state index contributed by atoms with van der Waals surface area (Å²) >= 11 is 0. The Morgan fingerprint density at radius 3 is 2.13 bits per heavy atom. The molecule has 0 aliphatic carbocycles. The Morgan fingerprint density at radius 1 is 0.820 bits per heavy atom. The average Bonchev–Trinajstić information content (AvgIpc) is 3.92. The second-order valence-electron chi connectivity index (χ2n) is 16.2. The van der Waals surface area contributed by atoms with Gasteiger partial charge in [-0.05, 0) is 84.3 Å². The lowest BCUT2D eigenvalue weighted by atomic mass is 9.82. The van der Waals surface area contributed by atoms with Crippen molar-refractivity contribution in [1.82, 2.24) is 24.1 Å². The second-order valence-corrected chi connectivity index (χ2v) is 20.8. The summed E-state index contributed by atoms with van der Waals surface area (Å²) in [5.74, 6) is 0.651. The molecule has 0 radical (unpaired) electrons. The third kappa shape index (κ3) is 7.25. The van der Waals surface area contributed by atoms with Gasteiger partial charge in [0.15, 0.2) is 17.1 Å². The number of aliphatic hydroxyl groups is 1. The zero-order valence-electron chi connectivity index (χ0n) is 35.1. The Hall–Kier alpha value is -6.29. The summed E-state index contributed by atoms with van der Waals surface area (Å²) in [6.45, 7) is 7.43. The van der Waals surface area contributed by atoms with Crippen LogP contribution < -0.4 is 35.4 Å². The van der Waals surface area contributed by atoms with E-state index in [2.05, 4.69) is 42.5 Å². The van der Waals surface area contributed by atoms with Gasteiger partial charge in [-0.1, -0.05) is 54.7 Å². The van der Waals surface area contributed by atoms with E-state index in [1.54, 1.807) is 53.4 Å². The van der Waals surface area contributed by atoms with Crippen LogP contribution in [0.5, 0.6) is 17.2 Å². The van der Waals surface area contributed by atoms with Crippen molar-refractivity contribution >= 4 is 24.9 Å². The van der Waals surface area contributed by atoms with Crippen LogP contribution in [0.3, 0.4) is 0 Å². The van der Waals surface area contributed by atoms with Crippen molar-refractivity contribution in [3.8, 4) is 28.6 Å². The number of hydrogen-bond donors (Lipinski definition) is 1. The summed E-state index contributed by atoms with van der Waals surface area (Å²) in [5, 5.41) is 19.3. The van der Waals surface area contributed by atoms with Gasteiger partial charge in [-0.2, -0.15) is 0 Å². The molecular formula is C46H50N6O8Si. The van der Waals surface area contributed by atoms with Crippen LogP contribution in [-0.4, -0.2) is 77.3 Å². The van der Waals surface area contributed by atoms with Crippen LogP contribution in [0, 0.1) is 5.92 Å². The quantitative estimate of drug-likeness (QED) is 0.149. The lowest BCUT2D eigenvalue weighted by Crippen LogP contribution is -2.51. The molecule has 1 N–H and O–H groups in total. The molecule has 0 saturated carbocycles. The number of aromatic nitrogens is 5. The fourth-order valence-electron chi connectivity index (χ4n) is 9.47. The van der Waals surface area contributed by atoms with Crippen LogP contribution in [0.25, 0.3) is 11.4 Å². The highest BCUT2D eigenvalue weighted by molar-refractivity contribution is 6.91. The molecule has 5 heterocycles. The van der Waals surface area contributed by atoms with E-state index >= 15 is 4.79 Å². The molecule has 0 unspecified atom stereocenters. The Morgan fingerprint density at radius 2 is 1.49 bits per heavy atom. The van der Waals surface area contributed by atoms with Crippen LogP contribution in [0.1, 0.15) is 30.2 Å². The number of aliphatic hydroxyl groups excluding tert-OH is 1. The van der Waals surface area contributed by atoms with E-state index in [4.69, 9.17) is 18.9 Å². The first-order valence-corrected chi connectivity index (χ1v) is 23.4. The summed E-state index contributed by atoms with van der Waals surface area (Å²) in [6, 6.07) is 28.2. The van der Waals surface area contributed by atoms with Crippen molar-refractivity contribution in [3.63, 3.8) is 0 Å². The van der Waals surface area contributed by atoms with E-state index in [-0.39, 0.29) is 59.2 Å². The van der Waals surface area contributed by atoms with Gasteiger partial charge in [-0.15, -0.1) is 5.10 Å². The predicted octanol–water partition coefficient (Wildman–Crippen LogP) is 4.99. The molecule has 3 aromatic heterocycles. The summed E-state index contributed by atoms with van der Waals surface area (Å²) < 4.78 is 28.5. The standard InChI is InChI=1S/C46H50N6O8Si/c1-30-42(61(5,6)36-17-15-35(57-2)16-18-36)39(20-24-49-29-32(21-25-53)47-48-49)60-46(30)37-27-34(51-23-9-13-41(59-4)44(51)55)14-19-38(37)52(45(46)56)28-31-10-7-11-33(26-31)50-22-8-12-40(58-3)43(50)54/h7-19,22-23,26-27,29-30,39,42,53H,20-21,24-25,28H2,1-6H3/t30-,39+,42-,46+/m0/s1. The molecule has 4 atom stereocenters. The zero-order chi connectivity index (χ0) is 43.1. The molecule has 3 aromatic carbocycles. The summed E-state index contributed by atoms with van der Waals surface area (Å²) in [6.07, 6.45) is 5.78. The molecule has 14 nitrogen and oxygen atoms in total. The number of methoxy groups -OCH3 is 3. The number of carbonyl (C=O) groups is 1. The van der Waals surface area contributed by atoms with E-state index in [0.717, 1.165) is 11.3 Å². The molecule has 8 rings (SSSR count). The zero-order valence-corrected chi connectivity index (χ0v) is 36.1. The number of pyridine rings is 2. The SMILES string of the molecule is COc1ccc([Si](C)(C)[C@@H]2[C@@H](CCn3cc(CCO)nn3)O[C@]3(C(=O)N(Cc4cccc(-n5cccc(OC)c5=O)c4)c4ccc(-n5cccc(OC)c5=O)cc43)[C@H]2C)cc1. The van der Waals surface area contributed by atoms with Gasteiger partial charge in [-0.3, -0.25) is 28.2 Å². The third-order valence-electron chi connectivity index (χ3n) is 12.5. The van der Waals surface area contributed by atoms with E-state index in [1.165, 1.54) is 28.5 Å². The number of ether oxygens (including phenoxy) is 4. The summed E-state index contributed by atoms with van der Waals surface area (Å²) in [7, 11) is 2.08. The number of fused-ring (bicyclic) bond motifs is 2. The Labute approximate surface area is 354 Å². The van der Waals surface area contributed by atoms with Gasteiger partial charge in [-0.25, -0.2) is 0 Å². The van der Waals surface area contributed by atoms with Gasteiger partial charge in [0.05, 0.1) is 53.4 Å². The lowest BCUT2D eigenvalue weighted by Gasteiger charge is -2.37. The minimum absolute atomic E-state index is 0.0279. The van der Waals surface area contributed by atoms with Gasteiger partial charge < -0.3 is 29.0 Å². The number of rotatable bonds is 14. The number of amides is 1. The molecule has 2 aliphatic rings. The minimum Gasteiger partial charge on any atom is -0.497 e. The molecule has 15 heteroatoms. The number of carbonyl (C=O) groups excluding carboxylic acids is 1. The second kappa shape index (κ2) is 16.6. The normalized spacial score (nSPS) is 19.7. The highest BCUT2D eigenvalue weighted by Gasteiger charge is 2.66. The first-order valence-electron chi connectivity index (χ1n) is 20.3. The van der Waals surface area contributed by atoms with Crippen molar-refractivity contribution in [2.45, 2.75) is 63.2 Å². The molecule has 2 aliphatic heterocycles. The van der Waals surface area contributed by atoms with E-state index < -0.39 is 13.7 Å². The maximum Gasteiger partial charge on any atom is 0.297 e. The highest BCUT2D eigenvalue weighted by Crippen LogP contribution is 2.60. The average molecular weight is 843 g/mol. The Bertz CT molecular complexity index is 2690. The fourth-order valence-corrected chi connectivity index (χ4v) is 13.5. The minimum atomic E-state index is -2.50. The molecular weight excluding hydrogens is 793 g/mol. The maximum absolute atomic E-state index is 15.7. The van der Waals surface area contributed by atoms with Gasteiger partial charge in [0.25, 0.3) is 17.0 Å². The predicted molar refractivity (Wildman–Crippen MR) is 233 cm³/mol. The Kier molecular flexibility index (Phi) is 11.3. The highest BCUT2D eigenvalue weighted by atomic mass is 28.3. The number of hydrogen-bond acceptors (Lipinski definition) is 10. The van der Waals surface area contributed by atoms with Gasteiger partial charge in [0.2, 0.25) is 0 Å². The first kappa shape index (κ1) is 41.4. The van der Waals surface area contributed by atoms with Crippen molar-refractivity contribution < 1.29 is 28.8 Å². The van der Waals surface area contributed by atoms with E-state index in [1.807, 2.05) is 60.8 Å². The summed E-state index contributed by atoms with van der Waals surface area (Å²) in [4.78, 5) is 44.3. The lowest BCUT2D eigenvalue weighted by molar-refractivity contribution is -0.146. The molecule has 0 bridgehead atoms. The van der Waals surface area contributed by atoms with Gasteiger partial charge in [0, 0.05) is 61.0 Å². The van der Waals surface area contributed by atoms with Crippen LogP contribution >= 0.6 is 0 Å². The van der Waals surface area contributed by atoms with Crippen molar-refractivity contribution in [2.75, 3.05) is 32.8 Å². The fraction of sp³-hybridized carbons (Fsp3) is 0.326. The molecule has 316 valence electrons. The molecule has 1 amide bonds. The number of nitrogens with zero attached hydrogens (tertiary/aromatic N) is 6. The van der Waals surface area contributed by atoms with Crippen LogP contribution in [0.15, 0.2) is 119 Å². The molecule has 6 aromatic rings. The number of benzene rings is 3. The Balaban J connectivity index is 1.26. The smallest absolute Gasteiger partial charge is 0.297 e. The largest absolute Gasteiger partial charge is 0.497 e. The monoisotopic (exact) mass is 842 g/mol.